The van der Waals surface area contributed by atoms with Gasteiger partial charge in [-0.1, -0.05) is 69.6 Å². The van der Waals surface area contributed by atoms with Gasteiger partial charge in [0.1, 0.15) is 17.7 Å². The Hall–Kier alpha value is -1.34. The second-order valence-electron chi connectivity index (χ2n) is 18.6. The van der Waals surface area contributed by atoms with Crippen molar-refractivity contribution >= 4 is 11.6 Å². The van der Waals surface area contributed by atoms with Crippen molar-refractivity contribution < 1.29 is 35.0 Å². The maximum absolute atomic E-state index is 14.4. The summed E-state index contributed by atoms with van der Waals surface area (Å²) >= 11 is 0. The summed E-state index contributed by atoms with van der Waals surface area (Å²) in [5, 5.41) is 38.3. The Morgan fingerprint density at radius 3 is 2.33 bits per heavy atom. The molecule has 5 aliphatic carbocycles. The number of ether oxygens (including phenoxy) is 1. The lowest BCUT2D eigenvalue weighted by Crippen LogP contribution is -2.94. The molecule has 0 amide bonds. The molecule has 0 aromatic carbocycles. The van der Waals surface area contributed by atoms with Crippen LogP contribution in [0.4, 0.5) is 0 Å². The van der Waals surface area contributed by atoms with Crippen molar-refractivity contribution in [1.82, 2.24) is 0 Å². The topological polar surface area (TPSA) is 150 Å². The monoisotopic (exact) mass is 725 g/mol. The third-order valence-corrected chi connectivity index (χ3v) is 15.3. The minimum absolute atomic E-state index is 0.0845. The summed E-state index contributed by atoms with van der Waals surface area (Å²) in [6, 6.07) is 0. The number of aliphatic hydroxyl groups is 2. The Morgan fingerprint density at radius 1 is 0.865 bits per heavy atom. The summed E-state index contributed by atoms with van der Waals surface area (Å²) in [6.07, 6.45) is 19.1. The number of quaternary nitrogens is 1. The number of rotatable bonds is 9. The normalized spacial score (nSPS) is 40.9. The smallest absolute Gasteiger partial charge is 0.137 e. The van der Waals surface area contributed by atoms with E-state index in [9.17, 15) is 24.9 Å². The number of hydrogen-bond acceptors (Lipinski definition) is 7. The van der Waals surface area contributed by atoms with Gasteiger partial charge in [0.15, 0.2) is 0 Å². The standard InChI is InChI=1S/C44H71N2O6/c1-52-41-25-33-15-17-39(48)44(51)43(50)38-24-35(34(27-47)13-12-28-8-4-2-5-9-28)22-30(20-29-18-19-46-42(45)23-29)21-32(38)14-16-36(37(33)26-40(41)49)31-10-6-3-7-11-31/h28-38,40-42,44,46-47,49H,2-13,15,17-27,45H2,1H3/q-1/p+1. The van der Waals surface area contributed by atoms with Crippen molar-refractivity contribution in [1.29, 1.82) is 0 Å². The van der Waals surface area contributed by atoms with Crippen LogP contribution >= 0.6 is 0 Å². The molecule has 6 N–H and O–H groups in total. The zero-order valence-corrected chi connectivity index (χ0v) is 32.3. The highest BCUT2D eigenvalue weighted by Gasteiger charge is 2.45. The highest BCUT2D eigenvalue weighted by molar-refractivity contribution is 6.05. The van der Waals surface area contributed by atoms with Crippen molar-refractivity contribution in [2.75, 3.05) is 20.3 Å². The Bertz CT molecular complexity index is 1200. The molecule has 1 heterocycles. The average molecular weight is 725 g/mol. The van der Waals surface area contributed by atoms with Crippen molar-refractivity contribution in [3.05, 3.63) is 0 Å². The van der Waals surface area contributed by atoms with E-state index in [2.05, 4.69) is 17.2 Å². The lowest BCUT2D eigenvalue weighted by Gasteiger charge is -2.44. The number of hydrogen-bond donors (Lipinski definition) is 4. The predicted octanol–water partition coefficient (Wildman–Crippen LogP) is 4.52. The van der Waals surface area contributed by atoms with Gasteiger partial charge in [-0.05, 0) is 124 Å². The van der Waals surface area contributed by atoms with Crippen LogP contribution in [0, 0.1) is 76.9 Å². The fraction of sp³-hybridized carbons (Fsp3) is 0.909. The molecule has 294 valence electrons. The van der Waals surface area contributed by atoms with E-state index in [1.165, 1.54) is 51.4 Å². The molecule has 0 spiro atoms. The summed E-state index contributed by atoms with van der Waals surface area (Å²) in [5.74, 6) is 8.41. The number of carbonyl (C=O) groups is 2. The number of methoxy groups -OCH3 is 1. The lowest BCUT2D eigenvalue weighted by molar-refractivity contribution is -0.699. The van der Waals surface area contributed by atoms with Gasteiger partial charge in [0.25, 0.3) is 0 Å². The number of carbonyl (C=O) groups excluding carboxylic acids is 2. The summed E-state index contributed by atoms with van der Waals surface area (Å²) in [6.45, 7) is 1.14. The summed E-state index contributed by atoms with van der Waals surface area (Å²) in [5.41, 5.74) is 6.44. The summed E-state index contributed by atoms with van der Waals surface area (Å²) in [4.78, 5) is 28.1. The fourth-order valence-electron chi connectivity index (χ4n) is 12.3. The molecular weight excluding hydrogens is 652 g/mol. The average Bonchev–Trinajstić information content (AvgIpc) is 3.33. The van der Waals surface area contributed by atoms with Crippen LogP contribution in [0.25, 0.3) is 0 Å². The van der Waals surface area contributed by atoms with Gasteiger partial charge in [0, 0.05) is 44.3 Å². The molecule has 6 rings (SSSR count). The van der Waals surface area contributed by atoms with E-state index in [1.54, 1.807) is 7.11 Å². The largest absolute Gasteiger partial charge is 0.841 e. The van der Waals surface area contributed by atoms with Crippen LogP contribution in [-0.4, -0.2) is 66.5 Å². The van der Waals surface area contributed by atoms with Crippen LogP contribution in [0.3, 0.4) is 0 Å². The molecule has 1 saturated heterocycles. The summed E-state index contributed by atoms with van der Waals surface area (Å²) < 4.78 is 5.71. The molecule has 6 aliphatic rings. The Balaban J connectivity index is 1.35. The van der Waals surface area contributed by atoms with Gasteiger partial charge in [-0.2, -0.15) is 0 Å². The molecule has 13 unspecified atom stereocenters. The van der Waals surface area contributed by atoms with Crippen LogP contribution in [-0.2, 0) is 14.3 Å². The van der Waals surface area contributed by atoms with Crippen LogP contribution < -0.4 is 16.2 Å². The van der Waals surface area contributed by atoms with Crippen molar-refractivity contribution in [3.63, 3.8) is 0 Å². The molecule has 52 heavy (non-hydrogen) atoms. The third kappa shape index (κ3) is 10.3. The number of aliphatic hydroxyl groups excluding tert-OH is 2. The lowest BCUT2D eigenvalue weighted by atomic mass is 9.63. The minimum atomic E-state index is -1.88. The van der Waals surface area contributed by atoms with E-state index in [0.717, 1.165) is 64.3 Å². The number of Topliss-reactive ketones (excluding diaryl/α,β-unsaturated/α-hetero) is 2. The zero-order valence-electron chi connectivity index (χ0n) is 32.3. The first-order valence-electron chi connectivity index (χ1n) is 21.9. The van der Waals surface area contributed by atoms with Crippen molar-refractivity contribution in [2.45, 2.75) is 166 Å². The van der Waals surface area contributed by atoms with E-state index in [0.29, 0.717) is 49.4 Å². The van der Waals surface area contributed by atoms with Crippen LogP contribution in [0.15, 0.2) is 0 Å². The van der Waals surface area contributed by atoms with Gasteiger partial charge in [-0.15, -0.1) is 0 Å². The first kappa shape index (κ1) is 40.3. The number of piperidine rings is 1. The van der Waals surface area contributed by atoms with Crippen LogP contribution in [0.5, 0.6) is 0 Å². The molecule has 0 aromatic heterocycles. The second-order valence-corrected chi connectivity index (χ2v) is 18.6. The van der Waals surface area contributed by atoms with E-state index in [4.69, 9.17) is 10.5 Å². The van der Waals surface area contributed by atoms with Crippen molar-refractivity contribution in [2.24, 2.45) is 70.8 Å². The maximum atomic E-state index is 14.4. The molecule has 0 bridgehead atoms. The van der Waals surface area contributed by atoms with Gasteiger partial charge in [0.2, 0.25) is 0 Å². The Morgan fingerprint density at radius 2 is 1.62 bits per heavy atom. The molecule has 8 heteroatoms. The quantitative estimate of drug-likeness (QED) is 0.202. The van der Waals surface area contributed by atoms with E-state index in [1.807, 2.05) is 0 Å². The highest BCUT2D eigenvalue weighted by Crippen LogP contribution is 2.47. The molecule has 5 fully saturated rings. The number of nitrogens with two attached hydrogens (primary N) is 2. The first-order valence-corrected chi connectivity index (χ1v) is 21.9. The Labute approximate surface area is 314 Å². The maximum Gasteiger partial charge on any atom is 0.137 e. The van der Waals surface area contributed by atoms with E-state index in [-0.39, 0.29) is 60.8 Å². The van der Waals surface area contributed by atoms with Gasteiger partial charge < -0.3 is 35.0 Å². The molecule has 13 atom stereocenters. The first-order chi connectivity index (χ1) is 25.2. The molecule has 4 saturated carbocycles. The molecular formula is C44H72N2O6. The van der Waals surface area contributed by atoms with Gasteiger partial charge in [-0.25, -0.2) is 0 Å². The number of ketones is 2. The zero-order chi connectivity index (χ0) is 36.6. The predicted molar refractivity (Wildman–Crippen MR) is 200 cm³/mol. The number of fused-ring (bicyclic) bond motifs is 2. The van der Waals surface area contributed by atoms with E-state index < -0.39 is 29.7 Å². The third-order valence-electron chi connectivity index (χ3n) is 15.3. The van der Waals surface area contributed by atoms with Crippen LogP contribution in [0.2, 0.25) is 0 Å². The van der Waals surface area contributed by atoms with Gasteiger partial charge in [0.05, 0.1) is 18.8 Å². The molecule has 0 aromatic rings. The Kier molecular flexibility index (Phi) is 15.1. The molecule has 0 radical (unpaired) electrons. The van der Waals surface area contributed by atoms with Crippen LogP contribution in [0.1, 0.15) is 141 Å². The SMILES string of the molecule is COC1CC2CCC(=O)C([O-])C(=O)C3CC(C(CO)CCC4CCCCC4)CC(CC4CC[NH2+]C(N)C4)CC3C#CC(C3CCCCC3)C2CC1O. The van der Waals surface area contributed by atoms with Gasteiger partial charge in [-0.3, -0.25) is 5.73 Å². The van der Waals surface area contributed by atoms with E-state index >= 15 is 0 Å². The highest BCUT2D eigenvalue weighted by atomic mass is 16.5. The fourth-order valence-corrected chi connectivity index (χ4v) is 12.3. The van der Waals surface area contributed by atoms with Crippen molar-refractivity contribution in [3.8, 4) is 11.8 Å². The summed E-state index contributed by atoms with van der Waals surface area (Å²) in [7, 11) is 1.64. The van der Waals surface area contributed by atoms with Gasteiger partial charge >= 0.3 is 0 Å². The molecule has 1 aliphatic heterocycles. The second kappa shape index (κ2) is 19.5. The minimum Gasteiger partial charge on any atom is -0.841 e. The molecule has 8 nitrogen and oxygen atoms in total.